The van der Waals surface area contributed by atoms with Crippen LogP contribution in [0.2, 0.25) is 0 Å². The van der Waals surface area contributed by atoms with Crippen molar-refractivity contribution in [3.8, 4) is 0 Å². The van der Waals surface area contributed by atoms with E-state index in [1.165, 1.54) is 6.07 Å². The Morgan fingerprint density at radius 1 is 1.58 bits per heavy atom. The zero-order valence-corrected chi connectivity index (χ0v) is 9.35. The van der Waals surface area contributed by atoms with Crippen LogP contribution in [0, 0.1) is 9.52 Å². The lowest BCUT2D eigenvalue weighted by atomic mass is 10.4. The van der Waals surface area contributed by atoms with Gasteiger partial charge in [-0.25, -0.2) is 0 Å². The highest BCUT2D eigenvalue weighted by Crippen LogP contribution is 2.24. The first-order valence-electron chi connectivity index (χ1n) is 3.04. The van der Waals surface area contributed by atoms with Crippen molar-refractivity contribution in [1.82, 2.24) is 15.2 Å². The van der Waals surface area contributed by atoms with Crippen LogP contribution < -0.4 is 0 Å². The highest BCUT2D eigenvalue weighted by molar-refractivity contribution is 14.1. The molecule has 2 aromatic heterocycles. The smallest absolute Gasteiger partial charge is 0.216 e. The van der Waals surface area contributed by atoms with Crippen LogP contribution in [-0.2, 0) is 0 Å². The van der Waals surface area contributed by atoms with Gasteiger partial charge in [-0.3, -0.25) is 5.10 Å². The molecular formula is C6H2BrFIN3. The number of pyridine rings is 1. The summed E-state index contributed by atoms with van der Waals surface area (Å²) in [4.78, 5) is 3.61. The summed E-state index contributed by atoms with van der Waals surface area (Å²) in [6.45, 7) is 0. The van der Waals surface area contributed by atoms with E-state index in [-0.39, 0.29) is 0 Å². The molecule has 12 heavy (non-hydrogen) atoms. The van der Waals surface area contributed by atoms with Gasteiger partial charge < -0.3 is 0 Å². The molecule has 0 spiro atoms. The third-order valence-corrected chi connectivity index (χ3v) is 2.83. The first-order chi connectivity index (χ1) is 5.68. The Labute approximate surface area is 89.0 Å². The highest BCUT2D eigenvalue weighted by atomic mass is 127. The van der Waals surface area contributed by atoms with Gasteiger partial charge >= 0.3 is 0 Å². The molecule has 0 bridgehead atoms. The molecule has 2 aromatic rings. The minimum absolute atomic E-state index is 0.395. The average molecular weight is 342 g/mol. The van der Waals surface area contributed by atoms with Gasteiger partial charge in [-0.2, -0.15) is 14.5 Å². The summed E-state index contributed by atoms with van der Waals surface area (Å²) in [5.74, 6) is -0.508. The van der Waals surface area contributed by atoms with Crippen molar-refractivity contribution in [1.29, 1.82) is 0 Å². The van der Waals surface area contributed by atoms with Crippen LogP contribution in [-0.4, -0.2) is 15.2 Å². The van der Waals surface area contributed by atoms with E-state index in [2.05, 4.69) is 31.1 Å². The Hall–Kier alpha value is -0.240. The lowest BCUT2D eigenvalue weighted by molar-refractivity contribution is 0.587. The van der Waals surface area contributed by atoms with E-state index in [0.717, 1.165) is 13.6 Å². The van der Waals surface area contributed by atoms with Crippen LogP contribution in [0.4, 0.5) is 4.39 Å². The Bertz CT molecular complexity index is 442. The first kappa shape index (κ1) is 8.36. The van der Waals surface area contributed by atoms with Crippen LogP contribution in [0.15, 0.2) is 10.7 Å². The maximum atomic E-state index is 12.7. The molecule has 0 saturated carbocycles. The number of aromatic amines is 1. The lowest BCUT2D eigenvalue weighted by Crippen LogP contribution is -1.85. The average Bonchev–Trinajstić information content (AvgIpc) is 2.31. The Morgan fingerprint density at radius 2 is 2.33 bits per heavy atom. The van der Waals surface area contributed by atoms with Gasteiger partial charge in [-0.05, 0) is 38.5 Å². The molecule has 0 aromatic carbocycles. The Balaban J connectivity index is 2.93. The van der Waals surface area contributed by atoms with Gasteiger partial charge in [0.25, 0.3) is 0 Å². The predicted octanol–water partition coefficient (Wildman–Crippen LogP) is 2.46. The number of nitrogens with one attached hydrogen (secondary N) is 1. The van der Waals surface area contributed by atoms with Crippen molar-refractivity contribution >= 4 is 49.6 Å². The third kappa shape index (κ3) is 1.22. The summed E-state index contributed by atoms with van der Waals surface area (Å²) < 4.78 is 14.2. The number of rotatable bonds is 0. The van der Waals surface area contributed by atoms with Gasteiger partial charge in [-0.1, -0.05) is 0 Å². The van der Waals surface area contributed by atoms with Crippen LogP contribution in [0.3, 0.4) is 0 Å². The second-order valence-electron chi connectivity index (χ2n) is 2.16. The Morgan fingerprint density at radius 3 is 3.08 bits per heavy atom. The summed E-state index contributed by atoms with van der Waals surface area (Å²) in [6, 6.07) is 1.36. The van der Waals surface area contributed by atoms with Crippen molar-refractivity contribution in [3.63, 3.8) is 0 Å². The minimum atomic E-state index is -0.508. The normalized spacial score (nSPS) is 10.9. The van der Waals surface area contributed by atoms with Gasteiger partial charge in [-0.15, -0.1) is 0 Å². The molecule has 2 rings (SSSR count). The molecule has 0 fully saturated rings. The number of hydrogen-bond donors (Lipinski definition) is 1. The molecule has 0 atom stereocenters. The number of halogens is 3. The standard InChI is InChI=1S/C6H2BrFIN3/c7-5-4-2(9)1-3(8)10-6(4)12-11-5/h1H,(H,10,11,12). The molecular weight excluding hydrogens is 340 g/mol. The van der Waals surface area contributed by atoms with Gasteiger partial charge in [0.05, 0.1) is 5.39 Å². The maximum Gasteiger partial charge on any atom is 0.216 e. The fraction of sp³-hybridized carbons (Fsp3) is 0. The maximum absolute atomic E-state index is 12.7. The molecule has 6 heteroatoms. The molecule has 0 aliphatic heterocycles. The van der Waals surface area contributed by atoms with Crippen molar-refractivity contribution in [2.45, 2.75) is 0 Å². The van der Waals surface area contributed by atoms with Gasteiger partial charge in [0.2, 0.25) is 5.95 Å². The molecule has 1 N–H and O–H groups in total. The SMILES string of the molecule is Fc1cc(I)c2c(Br)[nH]nc2n1. The van der Waals surface area contributed by atoms with E-state index in [0.29, 0.717) is 5.65 Å². The second-order valence-corrected chi connectivity index (χ2v) is 4.12. The van der Waals surface area contributed by atoms with E-state index in [9.17, 15) is 4.39 Å². The van der Waals surface area contributed by atoms with Crippen molar-refractivity contribution < 1.29 is 4.39 Å². The van der Waals surface area contributed by atoms with Crippen LogP contribution in [0.5, 0.6) is 0 Å². The highest BCUT2D eigenvalue weighted by Gasteiger charge is 2.09. The summed E-state index contributed by atoms with van der Waals surface area (Å²) in [5, 5.41) is 7.31. The van der Waals surface area contributed by atoms with E-state index >= 15 is 0 Å². The number of nitrogens with zero attached hydrogens (tertiary/aromatic N) is 2. The Kier molecular flexibility index (Phi) is 2.03. The lowest BCUT2D eigenvalue weighted by Gasteiger charge is -1.92. The van der Waals surface area contributed by atoms with E-state index in [1.807, 2.05) is 22.6 Å². The molecule has 0 aliphatic rings. The molecule has 0 amide bonds. The van der Waals surface area contributed by atoms with E-state index in [1.54, 1.807) is 0 Å². The van der Waals surface area contributed by atoms with Gasteiger partial charge in [0.15, 0.2) is 5.65 Å². The fourth-order valence-electron chi connectivity index (χ4n) is 0.915. The first-order valence-corrected chi connectivity index (χ1v) is 4.91. The second kappa shape index (κ2) is 2.91. The molecule has 0 unspecified atom stereocenters. The molecule has 62 valence electrons. The largest absolute Gasteiger partial charge is 0.269 e. The monoisotopic (exact) mass is 341 g/mol. The van der Waals surface area contributed by atoms with Crippen molar-refractivity contribution in [2.24, 2.45) is 0 Å². The number of hydrogen-bond acceptors (Lipinski definition) is 2. The van der Waals surface area contributed by atoms with Crippen molar-refractivity contribution in [2.75, 3.05) is 0 Å². The summed E-state index contributed by atoms with van der Waals surface area (Å²) in [7, 11) is 0. The quantitative estimate of drug-likeness (QED) is 0.591. The van der Waals surface area contributed by atoms with Crippen LogP contribution in [0.1, 0.15) is 0 Å². The number of H-pyrrole nitrogens is 1. The van der Waals surface area contributed by atoms with Crippen LogP contribution in [0.25, 0.3) is 11.0 Å². The minimum Gasteiger partial charge on any atom is -0.269 e. The third-order valence-electron chi connectivity index (χ3n) is 1.40. The van der Waals surface area contributed by atoms with Crippen molar-refractivity contribution in [3.05, 3.63) is 20.2 Å². The number of fused-ring (bicyclic) bond motifs is 1. The van der Waals surface area contributed by atoms with E-state index < -0.39 is 5.95 Å². The topological polar surface area (TPSA) is 41.6 Å². The molecule has 0 radical (unpaired) electrons. The molecule has 2 heterocycles. The summed E-state index contributed by atoms with van der Waals surface area (Å²) in [6.07, 6.45) is 0. The van der Waals surface area contributed by atoms with Gasteiger partial charge in [0, 0.05) is 9.64 Å². The molecule has 0 saturated heterocycles. The van der Waals surface area contributed by atoms with Crippen LogP contribution >= 0.6 is 38.5 Å². The predicted molar refractivity (Wildman–Crippen MR) is 54.3 cm³/mol. The zero-order valence-electron chi connectivity index (χ0n) is 5.61. The van der Waals surface area contributed by atoms with E-state index in [4.69, 9.17) is 0 Å². The fourth-order valence-corrected chi connectivity index (χ4v) is 2.53. The molecule has 0 aliphatic carbocycles. The summed E-state index contributed by atoms with van der Waals surface area (Å²) in [5.41, 5.74) is 0.395. The summed E-state index contributed by atoms with van der Waals surface area (Å²) >= 11 is 5.29. The number of aromatic nitrogens is 3. The zero-order chi connectivity index (χ0) is 8.72. The van der Waals surface area contributed by atoms with Gasteiger partial charge in [0.1, 0.15) is 4.60 Å². The molecule has 3 nitrogen and oxygen atoms in total.